The van der Waals surface area contributed by atoms with Crippen molar-refractivity contribution in [1.82, 2.24) is 4.90 Å². The molecule has 4 nitrogen and oxygen atoms in total. The molecule has 0 spiro atoms. The lowest BCUT2D eigenvalue weighted by atomic mass is 9.88. The highest BCUT2D eigenvalue weighted by Crippen LogP contribution is 2.20. The van der Waals surface area contributed by atoms with E-state index in [1.807, 2.05) is 6.92 Å². The van der Waals surface area contributed by atoms with Gasteiger partial charge in [0.2, 0.25) is 0 Å². The van der Waals surface area contributed by atoms with Gasteiger partial charge in [0.15, 0.2) is 0 Å². The molecular formula is C13H28N2O2. The molecule has 102 valence electrons. The van der Waals surface area contributed by atoms with Crippen molar-refractivity contribution < 1.29 is 9.53 Å². The Morgan fingerprint density at radius 1 is 1.24 bits per heavy atom. The molecule has 2 atom stereocenters. The lowest BCUT2D eigenvalue weighted by Gasteiger charge is -2.37. The summed E-state index contributed by atoms with van der Waals surface area (Å²) < 4.78 is 5.12. The molecule has 0 saturated carbocycles. The molecule has 0 aromatic heterocycles. The molecule has 2 unspecified atom stereocenters. The van der Waals surface area contributed by atoms with Crippen molar-refractivity contribution in [2.75, 3.05) is 26.2 Å². The Labute approximate surface area is 105 Å². The third-order valence-electron chi connectivity index (χ3n) is 3.17. The molecule has 17 heavy (non-hydrogen) atoms. The van der Waals surface area contributed by atoms with Gasteiger partial charge in [0, 0.05) is 12.6 Å². The van der Waals surface area contributed by atoms with Gasteiger partial charge >= 0.3 is 5.97 Å². The average molecular weight is 244 g/mol. The van der Waals surface area contributed by atoms with E-state index in [0.717, 1.165) is 13.1 Å². The minimum absolute atomic E-state index is 0.161. The molecule has 0 bridgehead atoms. The fourth-order valence-electron chi connectivity index (χ4n) is 2.41. The first-order chi connectivity index (χ1) is 8.03. The van der Waals surface area contributed by atoms with E-state index in [4.69, 9.17) is 10.5 Å². The molecule has 0 aromatic rings. The second-order valence-electron chi connectivity index (χ2n) is 4.55. The van der Waals surface area contributed by atoms with Gasteiger partial charge in [-0.1, -0.05) is 27.7 Å². The minimum Gasteiger partial charge on any atom is -0.466 e. The third-order valence-corrected chi connectivity index (χ3v) is 3.17. The van der Waals surface area contributed by atoms with Crippen molar-refractivity contribution >= 4 is 5.97 Å². The number of ether oxygens (including phenoxy) is 1. The highest BCUT2D eigenvalue weighted by atomic mass is 16.5. The maximum atomic E-state index is 11.9. The summed E-state index contributed by atoms with van der Waals surface area (Å²) in [5.74, 6) is -0.0108. The normalized spacial score (nSPS) is 15.1. The maximum absolute atomic E-state index is 11.9. The van der Waals surface area contributed by atoms with E-state index in [0.29, 0.717) is 19.1 Å². The Morgan fingerprint density at radius 2 is 1.76 bits per heavy atom. The Balaban J connectivity index is 4.91. The van der Waals surface area contributed by atoms with Crippen molar-refractivity contribution in [1.29, 1.82) is 0 Å². The van der Waals surface area contributed by atoms with Gasteiger partial charge in [-0.05, 0) is 25.9 Å². The Bertz CT molecular complexity index is 215. The Kier molecular flexibility index (Phi) is 8.17. The number of carbonyl (C=O) groups is 1. The number of carbonyl (C=O) groups excluding carboxylic acids is 1. The van der Waals surface area contributed by atoms with Crippen molar-refractivity contribution in [2.24, 2.45) is 17.6 Å². The van der Waals surface area contributed by atoms with Crippen LogP contribution in [0.3, 0.4) is 0 Å². The lowest BCUT2D eigenvalue weighted by molar-refractivity contribution is -0.151. The first-order valence-electron chi connectivity index (χ1n) is 6.64. The number of hydrogen-bond acceptors (Lipinski definition) is 4. The predicted octanol–water partition coefficient (Wildman–Crippen LogP) is 1.49. The highest BCUT2D eigenvalue weighted by molar-refractivity contribution is 5.73. The topological polar surface area (TPSA) is 55.6 Å². The van der Waals surface area contributed by atoms with Crippen LogP contribution in [0.5, 0.6) is 0 Å². The van der Waals surface area contributed by atoms with Crippen LogP contribution in [-0.4, -0.2) is 43.2 Å². The van der Waals surface area contributed by atoms with Gasteiger partial charge < -0.3 is 10.5 Å². The zero-order valence-electron chi connectivity index (χ0n) is 11.9. The van der Waals surface area contributed by atoms with Crippen LogP contribution in [0.25, 0.3) is 0 Å². The van der Waals surface area contributed by atoms with E-state index in [1.54, 1.807) is 0 Å². The molecule has 0 aliphatic carbocycles. The van der Waals surface area contributed by atoms with Crippen molar-refractivity contribution in [3.63, 3.8) is 0 Å². The van der Waals surface area contributed by atoms with Crippen LogP contribution in [0.15, 0.2) is 0 Å². The van der Waals surface area contributed by atoms with E-state index in [9.17, 15) is 4.79 Å². The third kappa shape index (κ3) is 4.64. The molecule has 0 aliphatic rings. The number of rotatable bonds is 8. The van der Waals surface area contributed by atoms with Gasteiger partial charge in [0.1, 0.15) is 0 Å². The van der Waals surface area contributed by atoms with E-state index >= 15 is 0 Å². The minimum atomic E-state index is -0.227. The van der Waals surface area contributed by atoms with Crippen molar-refractivity contribution in [2.45, 2.75) is 40.7 Å². The SMILES string of the molecule is CCOC(=O)C(CN)C(C(C)C)N(CC)CC. The van der Waals surface area contributed by atoms with Gasteiger partial charge in [-0.25, -0.2) is 0 Å². The second-order valence-corrected chi connectivity index (χ2v) is 4.55. The monoisotopic (exact) mass is 244 g/mol. The highest BCUT2D eigenvalue weighted by Gasteiger charge is 2.33. The smallest absolute Gasteiger partial charge is 0.311 e. The molecule has 2 N–H and O–H groups in total. The van der Waals surface area contributed by atoms with Crippen LogP contribution >= 0.6 is 0 Å². The zero-order valence-corrected chi connectivity index (χ0v) is 11.9. The van der Waals surface area contributed by atoms with E-state index < -0.39 is 0 Å². The summed E-state index contributed by atoms with van der Waals surface area (Å²) in [7, 11) is 0. The molecule has 0 saturated heterocycles. The molecule has 0 aliphatic heterocycles. The summed E-state index contributed by atoms with van der Waals surface area (Å²) in [5, 5.41) is 0. The van der Waals surface area contributed by atoms with Crippen LogP contribution in [0.2, 0.25) is 0 Å². The first kappa shape index (κ1) is 16.4. The van der Waals surface area contributed by atoms with Gasteiger partial charge in [0.25, 0.3) is 0 Å². The van der Waals surface area contributed by atoms with Crippen LogP contribution in [0.4, 0.5) is 0 Å². The van der Waals surface area contributed by atoms with Gasteiger partial charge in [-0.2, -0.15) is 0 Å². The van der Waals surface area contributed by atoms with Gasteiger partial charge in [0.05, 0.1) is 12.5 Å². The molecule has 0 radical (unpaired) electrons. The fourth-order valence-corrected chi connectivity index (χ4v) is 2.41. The Morgan fingerprint density at radius 3 is 2.06 bits per heavy atom. The molecule has 0 amide bonds. The molecule has 0 rings (SSSR count). The molecule has 0 aromatic carbocycles. The van der Waals surface area contributed by atoms with Crippen LogP contribution in [-0.2, 0) is 9.53 Å². The number of hydrogen-bond donors (Lipinski definition) is 1. The molecule has 0 heterocycles. The van der Waals surface area contributed by atoms with Crippen LogP contribution < -0.4 is 5.73 Å². The van der Waals surface area contributed by atoms with E-state index in [2.05, 4.69) is 32.6 Å². The Hall–Kier alpha value is -0.610. The molecule has 0 fully saturated rings. The van der Waals surface area contributed by atoms with Crippen LogP contribution in [0, 0.1) is 11.8 Å². The number of nitrogens with zero attached hydrogens (tertiary/aromatic N) is 1. The maximum Gasteiger partial charge on any atom is 0.311 e. The summed E-state index contributed by atoms with van der Waals surface area (Å²) in [6.45, 7) is 12.9. The summed E-state index contributed by atoms with van der Waals surface area (Å²) in [5.41, 5.74) is 5.76. The molecule has 4 heteroatoms. The largest absolute Gasteiger partial charge is 0.466 e. The average Bonchev–Trinajstić information content (AvgIpc) is 2.29. The van der Waals surface area contributed by atoms with Crippen molar-refractivity contribution in [3.05, 3.63) is 0 Å². The second kappa shape index (κ2) is 8.48. The van der Waals surface area contributed by atoms with Gasteiger partial charge in [-0.3, -0.25) is 9.69 Å². The predicted molar refractivity (Wildman–Crippen MR) is 70.7 cm³/mol. The number of nitrogens with two attached hydrogens (primary N) is 1. The van der Waals surface area contributed by atoms with E-state index in [-0.39, 0.29) is 17.9 Å². The summed E-state index contributed by atoms with van der Waals surface area (Å²) >= 11 is 0. The lowest BCUT2D eigenvalue weighted by Crippen LogP contribution is -2.49. The first-order valence-corrected chi connectivity index (χ1v) is 6.64. The summed E-state index contributed by atoms with van der Waals surface area (Å²) in [6.07, 6.45) is 0. The number of esters is 1. The fraction of sp³-hybridized carbons (Fsp3) is 0.923. The van der Waals surface area contributed by atoms with Gasteiger partial charge in [-0.15, -0.1) is 0 Å². The summed E-state index contributed by atoms with van der Waals surface area (Å²) in [4.78, 5) is 14.2. The van der Waals surface area contributed by atoms with E-state index in [1.165, 1.54) is 0 Å². The van der Waals surface area contributed by atoms with Crippen LogP contribution in [0.1, 0.15) is 34.6 Å². The molecular weight excluding hydrogens is 216 g/mol. The zero-order chi connectivity index (χ0) is 13.4. The summed E-state index contributed by atoms with van der Waals surface area (Å²) in [6, 6.07) is 0.161. The quantitative estimate of drug-likeness (QED) is 0.657. The van der Waals surface area contributed by atoms with Crippen molar-refractivity contribution in [3.8, 4) is 0 Å². The standard InChI is InChI=1S/C13H28N2O2/c1-6-15(7-2)12(10(4)5)11(9-14)13(16)17-8-3/h10-12H,6-9,14H2,1-5H3.